The average Bonchev–Trinajstić information content (AvgIpc) is 2.82. The van der Waals surface area contributed by atoms with Crippen molar-refractivity contribution in [3.8, 4) is 0 Å². The van der Waals surface area contributed by atoms with E-state index in [9.17, 15) is 9.59 Å². The summed E-state index contributed by atoms with van der Waals surface area (Å²) in [5, 5.41) is 3.88. The Morgan fingerprint density at radius 2 is 1.70 bits per heavy atom. The van der Waals surface area contributed by atoms with Gasteiger partial charge in [0, 0.05) is 27.8 Å². The maximum Gasteiger partial charge on any atom is 0.243 e. The summed E-state index contributed by atoms with van der Waals surface area (Å²) in [6.07, 6.45) is 6.17. The highest BCUT2D eigenvalue weighted by molar-refractivity contribution is 9.10. The number of hydrogen-bond acceptors (Lipinski definition) is 3. The lowest BCUT2D eigenvalue weighted by Gasteiger charge is -2.32. The fourth-order valence-electron chi connectivity index (χ4n) is 4.17. The zero-order valence-corrected chi connectivity index (χ0v) is 22.2. The number of hydrogen-bond donors (Lipinski definition) is 1. The highest BCUT2D eigenvalue weighted by Crippen LogP contribution is 2.21. The van der Waals surface area contributed by atoms with Gasteiger partial charge in [0.2, 0.25) is 11.8 Å². The lowest BCUT2D eigenvalue weighted by Crippen LogP contribution is -2.52. The second kappa shape index (κ2) is 13.4. The molecule has 1 aliphatic rings. The van der Waals surface area contributed by atoms with E-state index in [2.05, 4.69) is 33.4 Å². The SMILES string of the molecule is CCC(C(=O)NC1CCCCC1)N(Cc1ccc(Cl)cc1)C(=O)CSCc1ccc(Br)cc1. The molecular weight excluding hydrogens is 520 g/mol. The maximum absolute atomic E-state index is 13.3. The van der Waals surface area contributed by atoms with Gasteiger partial charge < -0.3 is 10.2 Å². The standard InChI is InChI=1S/C26H32BrClN2O2S/c1-2-24(26(32)29-23-6-4-3-5-7-23)30(16-19-10-14-22(28)15-11-19)25(31)18-33-17-20-8-12-21(27)13-9-20/h8-15,23-24H,2-7,16-18H2,1H3,(H,29,32). The van der Waals surface area contributed by atoms with Gasteiger partial charge in [-0.1, -0.05) is 78.0 Å². The maximum atomic E-state index is 13.3. The molecule has 0 radical (unpaired) electrons. The number of amides is 2. The summed E-state index contributed by atoms with van der Waals surface area (Å²) >= 11 is 11.1. The van der Waals surface area contributed by atoms with Crippen molar-refractivity contribution >= 4 is 51.1 Å². The van der Waals surface area contributed by atoms with Crippen LogP contribution in [0.25, 0.3) is 0 Å². The van der Waals surface area contributed by atoms with Gasteiger partial charge in [0.1, 0.15) is 6.04 Å². The number of carbonyl (C=O) groups excluding carboxylic acids is 2. The van der Waals surface area contributed by atoms with Gasteiger partial charge in [-0.2, -0.15) is 0 Å². The van der Waals surface area contributed by atoms with Gasteiger partial charge in [-0.3, -0.25) is 9.59 Å². The second-order valence-electron chi connectivity index (χ2n) is 8.53. The molecule has 33 heavy (non-hydrogen) atoms. The monoisotopic (exact) mass is 550 g/mol. The molecule has 2 aromatic carbocycles. The number of thioether (sulfide) groups is 1. The molecule has 0 aromatic heterocycles. The van der Waals surface area contributed by atoms with Gasteiger partial charge in [-0.15, -0.1) is 11.8 Å². The minimum Gasteiger partial charge on any atom is -0.352 e. The molecule has 178 valence electrons. The number of nitrogens with zero attached hydrogens (tertiary/aromatic N) is 1. The third-order valence-corrected chi connectivity index (χ3v) is 7.78. The highest BCUT2D eigenvalue weighted by Gasteiger charge is 2.30. The first-order valence-corrected chi connectivity index (χ1v) is 13.9. The number of nitrogens with one attached hydrogen (secondary N) is 1. The lowest BCUT2D eigenvalue weighted by atomic mass is 9.95. The van der Waals surface area contributed by atoms with Crippen molar-refractivity contribution in [1.29, 1.82) is 0 Å². The van der Waals surface area contributed by atoms with E-state index < -0.39 is 6.04 Å². The molecular formula is C26H32BrClN2O2S. The van der Waals surface area contributed by atoms with Crippen LogP contribution >= 0.6 is 39.3 Å². The molecule has 1 saturated carbocycles. The molecule has 1 atom stereocenters. The fourth-order valence-corrected chi connectivity index (χ4v) is 5.43. The molecule has 0 aliphatic heterocycles. The predicted molar refractivity (Wildman–Crippen MR) is 141 cm³/mol. The van der Waals surface area contributed by atoms with Gasteiger partial charge in [0.15, 0.2) is 0 Å². The molecule has 1 N–H and O–H groups in total. The summed E-state index contributed by atoms with van der Waals surface area (Å²) in [4.78, 5) is 28.3. The number of halogens is 2. The Labute approximate surface area is 215 Å². The third kappa shape index (κ3) is 8.34. The van der Waals surface area contributed by atoms with Gasteiger partial charge in [0.25, 0.3) is 0 Å². The van der Waals surface area contributed by atoms with Crippen LogP contribution in [0, 0.1) is 0 Å². The number of carbonyl (C=O) groups is 2. The van der Waals surface area contributed by atoms with Gasteiger partial charge in [0.05, 0.1) is 5.75 Å². The second-order valence-corrected chi connectivity index (χ2v) is 10.9. The molecule has 0 bridgehead atoms. The Morgan fingerprint density at radius 1 is 1.06 bits per heavy atom. The van der Waals surface area contributed by atoms with E-state index in [1.807, 2.05) is 43.3 Å². The first-order chi connectivity index (χ1) is 16.0. The summed E-state index contributed by atoms with van der Waals surface area (Å²) in [6.45, 7) is 2.37. The molecule has 0 heterocycles. The zero-order valence-electron chi connectivity index (χ0n) is 19.1. The molecule has 0 spiro atoms. The van der Waals surface area contributed by atoms with Crippen LogP contribution in [0.2, 0.25) is 5.02 Å². The van der Waals surface area contributed by atoms with Gasteiger partial charge in [-0.05, 0) is 54.7 Å². The third-order valence-electron chi connectivity index (χ3n) is 6.01. The van der Waals surface area contributed by atoms with E-state index in [4.69, 9.17) is 11.6 Å². The summed E-state index contributed by atoms with van der Waals surface area (Å²) < 4.78 is 1.04. The molecule has 0 saturated heterocycles. The van der Waals surface area contributed by atoms with Crippen molar-refractivity contribution in [3.63, 3.8) is 0 Å². The van der Waals surface area contributed by atoms with E-state index in [0.717, 1.165) is 41.5 Å². The smallest absolute Gasteiger partial charge is 0.243 e. The molecule has 1 fully saturated rings. The molecule has 7 heteroatoms. The van der Waals surface area contributed by atoms with Crippen LogP contribution in [-0.2, 0) is 21.9 Å². The number of benzene rings is 2. The summed E-state index contributed by atoms with van der Waals surface area (Å²) in [5.74, 6) is 1.03. The van der Waals surface area contributed by atoms with Crippen LogP contribution in [0.4, 0.5) is 0 Å². The molecule has 3 rings (SSSR count). The van der Waals surface area contributed by atoms with E-state index in [0.29, 0.717) is 23.7 Å². The molecule has 1 aliphatic carbocycles. The van der Waals surface area contributed by atoms with Crippen LogP contribution in [0.3, 0.4) is 0 Å². The highest BCUT2D eigenvalue weighted by atomic mass is 79.9. The Kier molecular flexibility index (Phi) is 10.6. The van der Waals surface area contributed by atoms with Crippen LogP contribution in [-0.4, -0.2) is 34.6 Å². The van der Waals surface area contributed by atoms with Crippen molar-refractivity contribution in [3.05, 3.63) is 69.2 Å². The minimum atomic E-state index is -0.483. The first kappa shape index (κ1) is 26.1. The van der Waals surface area contributed by atoms with Crippen molar-refractivity contribution in [2.75, 3.05) is 5.75 Å². The van der Waals surface area contributed by atoms with Crippen molar-refractivity contribution in [1.82, 2.24) is 10.2 Å². The quantitative estimate of drug-likeness (QED) is 0.362. The van der Waals surface area contributed by atoms with Crippen molar-refractivity contribution < 1.29 is 9.59 Å². The van der Waals surface area contributed by atoms with Gasteiger partial charge in [-0.25, -0.2) is 0 Å². The molecule has 1 unspecified atom stereocenters. The topological polar surface area (TPSA) is 49.4 Å². The average molecular weight is 552 g/mol. The Hall–Kier alpha value is -1.50. The van der Waals surface area contributed by atoms with E-state index in [-0.39, 0.29) is 17.9 Å². The van der Waals surface area contributed by atoms with Crippen LogP contribution in [0.1, 0.15) is 56.6 Å². The van der Waals surface area contributed by atoms with Crippen LogP contribution in [0.15, 0.2) is 53.0 Å². The lowest BCUT2D eigenvalue weighted by molar-refractivity contribution is -0.139. The zero-order chi connectivity index (χ0) is 23.6. The van der Waals surface area contributed by atoms with Crippen molar-refractivity contribution in [2.45, 2.75) is 69.8 Å². The molecule has 4 nitrogen and oxygen atoms in total. The minimum absolute atomic E-state index is 0.0160. The largest absolute Gasteiger partial charge is 0.352 e. The summed E-state index contributed by atoms with van der Waals surface area (Å²) in [7, 11) is 0. The Morgan fingerprint density at radius 3 is 2.33 bits per heavy atom. The van der Waals surface area contributed by atoms with Crippen molar-refractivity contribution in [2.24, 2.45) is 0 Å². The summed E-state index contributed by atoms with van der Waals surface area (Å²) in [5.41, 5.74) is 2.14. The Balaban J connectivity index is 1.68. The molecule has 2 aromatic rings. The van der Waals surface area contributed by atoms with Crippen LogP contribution < -0.4 is 5.32 Å². The first-order valence-electron chi connectivity index (χ1n) is 11.6. The Bertz CT molecular complexity index is 902. The predicted octanol–water partition coefficient (Wildman–Crippen LogP) is 6.59. The van der Waals surface area contributed by atoms with E-state index in [1.165, 1.54) is 12.0 Å². The fraction of sp³-hybridized carbons (Fsp3) is 0.462. The van der Waals surface area contributed by atoms with Crippen LogP contribution in [0.5, 0.6) is 0 Å². The normalized spacial score (nSPS) is 15.1. The van der Waals surface area contributed by atoms with E-state index >= 15 is 0 Å². The molecule has 2 amide bonds. The van der Waals surface area contributed by atoms with Gasteiger partial charge >= 0.3 is 0 Å². The number of rotatable bonds is 10. The van der Waals surface area contributed by atoms with E-state index in [1.54, 1.807) is 16.7 Å². The summed E-state index contributed by atoms with van der Waals surface area (Å²) in [6, 6.07) is 15.4.